The van der Waals surface area contributed by atoms with E-state index in [9.17, 15) is 4.79 Å². The van der Waals surface area contributed by atoms with Crippen molar-refractivity contribution in [2.75, 3.05) is 31.6 Å². The topological polar surface area (TPSA) is 41.6 Å². The second-order valence-corrected chi connectivity index (χ2v) is 5.05. The number of carbonyl (C=O) groups excluding carboxylic acids is 1. The van der Waals surface area contributed by atoms with E-state index in [0.717, 1.165) is 37.2 Å². The molecule has 1 aliphatic heterocycles. The van der Waals surface area contributed by atoms with Gasteiger partial charge in [0.15, 0.2) is 0 Å². The summed E-state index contributed by atoms with van der Waals surface area (Å²) in [5, 5.41) is 3.25. The smallest absolute Gasteiger partial charge is 0.256 e. The number of para-hydroxylation sites is 1. The van der Waals surface area contributed by atoms with E-state index in [2.05, 4.69) is 5.32 Å². The molecule has 0 radical (unpaired) electrons. The highest BCUT2D eigenvalue weighted by Crippen LogP contribution is 2.20. The number of anilines is 1. The highest BCUT2D eigenvalue weighted by molar-refractivity contribution is 5.99. The largest absolute Gasteiger partial charge is 0.385 e. The van der Waals surface area contributed by atoms with Crippen molar-refractivity contribution in [1.82, 2.24) is 4.90 Å². The van der Waals surface area contributed by atoms with Gasteiger partial charge in [-0.3, -0.25) is 4.79 Å². The van der Waals surface area contributed by atoms with Crippen LogP contribution in [0.15, 0.2) is 24.3 Å². The lowest BCUT2D eigenvalue weighted by Gasteiger charge is -2.33. The standard InChI is InChI=1S/C16H24N2O2/c1-3-17-15-10-6-5-9-14(15)16(19)18-11-7-8-13(12-18)20-4-2/h5-6,9-10,13,17H,3-4,7-8,11-12H2,1-2H3. The van der Waals surface area contributed by atoms with Crippen LogP contribution in [0.2, 0.25) is 0 Å². The van der Waals surface area contributed by atoms with Crippen LogP contribution in [0.3, 0.4) is 0 Å². The summed E-state index contributed by atoms with van der Waals surface area (Å²) in [6.07, 6.45) is 2.25. The lowest BCUT2D eigenvalue weighted by Crippen LogP contribution is -2.43. The number of nitrogens with zero attached hydrogens (tertiary/aromatic N) is 1. The molecule has 1 amide bonds. The summed E-state index contributed by atoms with van der Waals surface area (Å²) in [5.41, 5.74) is 1.67. The first-order valence-electron chi connectivity index (χ1n) is 7.50. The van der Waals surface area contributed by atoms with Crippen LogP contribution in [0, 0.1) is 0 Å². The summed E-state index contributed by atoms with van der Waals surface area (Å²) in [7, 11) is 0. The van der Waals surface area contributed by atoms with Crippen molar-refractivity contribution in [3.05, 3.63) is 29.8 Å². The van der Waals surface area contributed by atoms with E-state index in [1.807, 2.05) is 43.0 Å². The predicted octanol–water partition coefficient (Wildman–Crippen LogP) is 2.76. The van der Waals surface area contributed by atoms with E-state index < -0.39 is 0 Å². The molecule has 1 fully saturated rings. The van der Waals surface area contributed by atoms with Crippen molar-refractivity contribution in [3.63, 3.8) is 0 Å². The molecule has 110 valence electrons. The molecule has 1 saturated heterocycles. The number of nitrogens with one attached hydrogen (secondary N) is 1. The molecule has 1 atom stereocenters. The first kappa shape index (κ1) is 14.9. The molecule has 1 N–H and O–H groups in total. The summed E-state index contributed by atoms with van der Waals surface area (Å²) in [5.74, 6) is 0.103. The van der Waals surface area contributed by atoms with E-state index >= 15 is 0 Å². The van der Waals surface area contributed by atoms with Gasteiger partial charge in [0.2, 0.25) is 0 Å². The lowest BCUT2D eigenvalue weighted by atomic mass is 10.1. The maximum absolute atomic E-state index is 12.7. The second-order valence-electron chi connectivity index (χ2n) is 5.05. The van der Waals surface area contributed by atoms with Gasteiger partial charge in [0.1, 0.15) is 0 Å². The zero-order valence-electron chi connectivity index (χ0n) is 12.4. The van der Waals surface area contributed by atoms with Crippen molar-refractivity contribution >= 4 is 11.6 Å². The van der Waals surface area contributed by atoms with Crippen molar-refractivity contribution in [2.45, 2.75) is 32.8 Å². The molecule has 4 heteroatoms. The Morgan fingerprint density at radius 3 is 2.95 bits per heavy atom. The fourth-order valence-electron chi connectivity index (χ4n) is 2.68. The predicted molar refractivity (Wildman–Crippen MR) is 81.2 cm³/mol. The molecule has 2 rings (SSSR count). The van der Waals surface area contributed by atoms with Crippen molar-refractivity contribution in [3.8, 4) is 0 Å². The maximum atomic E-state index is 12.7. The number of hydrogen-bond acceptors (Lipinski definition) is 3. The summed E-state index contributed by atoms with van der Waals surface area (Å²) in [6.45, 7) is 7.08. The minimum atomic E-state index is 0.103. The first-order chi connectivity index (χ1) is 9.76. The quantitative estimate of drug-likeness (QED) is 0.899. The van der Waals surface area contributed by atoms with Gasteiger partial charge in [0.05, 0.1) is 11.7 Å². The molecule has 1 unspecified atom stereocenters. The maximum Gasteiger partial charge on any atom is 0.256 e. The Bertz CT molecular complexity index is 446. The Morgan fingerprint density at radius 2 is 2.20 bits per heavy atom. The van der Waals surface area contributed by atoms with E-state index in [1.165, 1.54) is 0 Å². The average Bonchev–Trinajstić information content (AvgIpc) is 2.48. The molecule has 0 aromatic heterocycles. The molecule has 1 aromatic carbocycles. The lowest BCUT2D eigenvalue weighted by molar-refractivity contribution is 0.00728. The highest BCUT2D eigenvalue weighted by Gasteiger charge is 2.25. The fraction of sp³-hybridized carbons (Fsp3) is 0.562. The molecule has 0 saturated carbocycles. The number of rotatable bonds is 5. The first-order valence-corrected chi connectivity index (χ1v) is 7.50. The average molecular weight is 276 g/mol. The Labute approximate surface area is 121 Å². The van der Waals surface area contributed by atoms with Crippen LogP contribution in [0.25, 0.3) is 0 Å². The van der Waals surface area contributed by atoms with Crippen LogP contribution in [0.4, 0.5) is 5.69 Å². The molecular weight excluding hydrogens is 252 g/mol. The van der Waals surface area contributed by atoms with Crippen LogP contribution in [0.1, 0.15) is 37.0 Å². The normalized spacial score (nSPS) is 18.9. The van der Waals surface area contributed by atoms with Gasteiger partial charge in [0, 0.05) is 31.9 Å². The van der Waals surface area contributed by atoms with Crippen LogP contribution < -0.4 is 5.32 Å². The molecular formula is C16H24N2O2. The Morgan fingerprint density at radius 1 is 1.40 bits per heavy atom. The van der Waals surface area contributed by atoms with E-state index in [4.69, 9.17) is 4.74 Å². The van der Waals surface area contributed by atoms with Crippen LogP contribution in [-0.2, 0) is 4.74 Å². The third kappa shape index (κ3) is 3.51. The molecule has 0 aliphatic carbocycles. The summed E-state index contributed by atoms with van der Waals surface area (Å²) in [6, 6.07) is 7.72. The second kappa shape index (κ2) is 7.29. The molecule has 1 aliphatic rings. The monoisotopic (exact) mass is 276 g/mol. The number of amides is 1. The zero-order valence-corrected chi connectivity index (χ0v) is 12.4. The van der Waals surface area contributed by atoms with Gasteiger partial charge in [-0.05, 0) is 38.8 Å². The summed E-state index contributed by atoms with van der Waals surface area (Å²) in [4.78, 5) is 14.6. The molecule has 1 aromatic rings. The molecule has 0 spiro atoms. The summed E-state index contributed by atoms with van der Waals surface area (Å²) >= 11 is 0. The Hall–Kier alpha value is -1.55. The number of ether oxygens (including phenoxy) is 1. The third-order valence-corrected chi connectivity index (χ3v) is 3.59. The molecule has 4 nitrogen and oxygen atoms in total. The zero-order chi connectivity index (χ0) is 14.4. The van der Waals surface area contributed by atoms with Gasteiger partial charge in [-0.15, -0.1) is 0 Å². The molecule has 0 bridgehead atoms. The van der Waals surface area contributed by atoms with Gasteiger partial charge < -0.3 is 15.0 Å². The van der Waals surface area contributed by atoms with Gasteiger partial charge >= 0.3 is 0 Å². The minimum Gasteiger partial charge on any atom is -0.385 e. The summed E-state index contributed by atoms with van der Waals surface area (Å²) < 4.78 is 5.67. The van der Waals surface area contributed by atoms with E-state index in [1.54, 1.807) is 0 Å². The fourth-order valence-corrected chi connectivity index (χ4v) is 2.68. The Kier molecular flexibility index (Phi) is 5.41. The van der Waals surface area contributed by atoms with Gasteiger partial charge in [-0.2, -0.15) is 0 Å². The van der Waals surface area contributed by atoms with Crippen LogP contribution in [0.5, 0.6) is 0 Å². The third-order valence-electron chi connectivity index (χ3n) is 3.59. The number of likely N-dealkylation sites (tertiary alicyclic amines) is 1. The highest BCUT2D eigenvalue weighted by atomic mass is 16.5. The number of hydrogen-bond donors (Lipinski definition) is 1. The van der Waals surface area contributed by atoms with Gasteiger partial charge in [-0.1, -0.05) is 12.1 Å². The minimum absolute atomic E-state index is 0.103. The van der Waals surface area contributed by atoms with Gasteiger partial charge in [-0.25, -0.2) is 0 Å². The van der Waals surface area contributed by atoms with Gasteiger partial charge in [0.25, 0.3) is 5.91 Å². The van der Waals surface area contributed by atoms with E-state index in [0.29, 0.717) is 13.2 Å². The Balaban J connectivity index is 2.10. The SMILES string of the molecule is CCNc1ccccc1C(=O)N1CCCC(OCC)C1. The number of benzene rings is 1. The molecule has 20 heavy (non-hydrogen) atoms. The number of piperidine rings is 1. The van der Waals surface area contributed by atoms with Crippen LogP contribution in [-0.4, -0.2) is 43.2 Å². The molecule has 1 heterocycles. The van der Waals surface area contributed by atoms with Crippen LogP contribution >= 0.6 is 0 Å². The number of carbonyl (C=O) groups is 1. The van der Waals surface area contributed by atoms with Crippen molar-refractivity contribution in [2.24, 2.45) is 0 Å². The van der Waals surface area contributed by atoms with E-state index in [-0.39, 0.29) is 12.0 Å². The van der Waals surface area contributed by atoms with Crippen molar-refractivity contribution in [1.29, 1.82) is 0 Å². The van der Waals surface area contributed by atoms with Crippen molar-refractivity contribution < 1.29 is 9.53 Å².